The van der Waals surface area contributed by atoms with Crippen LogP contribution in [-0.2, 0) is 14.3 Å². The Morgan fingerprint density at radius 3 is 1.43 bits per heavy atom. The van der Waals surface area contributed by atoms with Crippen molar-refractivity contribution in [3.05, 3.63) is 24.3 Å². The van der Waals surface area contributed by atoms with E-state index in [2.05, 4.69) is 17.9 Å². The summed E-state index contributed by atoms with van der Waals surface area (Å²) in [5, 5.41) is 9.49. The quantitative estimate of drug-likeness (QED) is 0.276. The summed E-state index contributed by atoms with van der Waals surface area (Å²) >= 11 is 0. The van der Waals surface area contributed by atoms with E-state index in [4.69, 9.17) is 0 Å². The Morgan fingerprint density at radius 1 is 1.14 bits per heavy atom. The number of esters is 1. The molecule has 0 saturated heterocycles. The fourth-order valence-electron chi connectivity index (χ4n) is 0.174. The number of aliphatic carboxylic acids is 1. The maximum absolute atomic E-state index is 10.2. The van der Waals surface area contributed by atoms with Crippen LogP contribution in [0, 0.1) is 0 Å². The Morgan fingerprint density at radius 2 is 1.43 bits per heavy atom. The summed E-state index contributed by atoms with van der Waals surface area (Å²) in [6.07, 6.45) is 0. The number of hydrogen-bond acceptors (Lipinski definition) is 4. The molecule has 0 atom stereocenters. The molecule has 0 aromatic heterocycles. The molecule has 14 heavy (non-hydrogen) atoms. The zero-order valence-electron chi connectivity index (χ0n) is 9.05. The summed E-state index contributed by atoms with van der Waals surface area (Å²) < 4.78 is 4.27. The second-order valence-corrected chi connectivity index (χ2v) is 2.34. The Labute approximate surface area is 106 Å². The Hall–Kier alpha value is -0.580. The van der Waals surface area contributed by atoms with Crippen LogP contribution >= 0.6 is 0 Å². The Kier molecular flexibility index (Phi) is 14.3. The molecule has 74 valence electrons. The van der Waals surface area contributed by atoms with Crippen LogP contribution in [0.25, 0.3) is 0 Å². The SMILES string of the molecule is C=C(C)C(=O)OC.C=C(C)C(=O)[O-].[Na+]. The minimum atomic E-state index is -1.19. The smallest absolute Gasteiger partial charge is 0.545 e. The van der Waals surface area contributed by atoms with Gasteiger partial charge in [-0.05, 0) is 19.4 Å². The largest absolute Gasteiger partial charge is 1.00 e. The molecule has 4 nitrogen and oxygen atoms in total. The van der Waals surface area contributed by atoms with Crippen LogP contribution in [0.1, 0.15) is 13.8 Å². The third-order valence-electron chi connectivity index (χ3n) is 0.882. The van der Waals surface area contributed by atoms with Crippen LogP contribution in [0.5, 0.6) is 0 Å². The van der Waals surface area contributed by atoms with Gasteiger partial charge < -0.3 is 14.6 Å². The van der Waals surface area contributed by atoms with Crippen LogP contribution in [0.15, 0.2) is 24.3 Å². The summed E-state index contributed by atoms with van der Waals surface area (Å²) in [5.74, 6) is -1.53. The third-order valence-corrected chi connectivity index (χ3v) is 0.882. The number of carbonyl (C=O) groups excluding carboxylic acids is 2. The van der Waals surface area contributed by atoms with Gasteiger partial charge in [-0.3, -0.25) is 0 Å². The maximum Gasteiger partial charge on any atom is 1.00 e. The van der Waals surface area contributed by atoms with Crippen molar-refractivity contribution in [2.75, 3.05) is 7.11 Å². The number of methoxy groups -OCH3 is 1. The predicted octanol–water partition coefficient (Wildman–Crippen LogP) is -2.95. The van der Waals surface area contributed by atoms with Crippen molar-refractivity contribution < 1.29 is 49.0 Å². The van der Waals surface area contributed by atoms with Crippen LogP contribution < -0.4 is 34.7 Å². The second kappa shape index (κ2) is 10.5. The van der Waals surface area contributed by atoms with E-state index in [1.165, 1.54) is 14.0 Å². The molecule has 0 fully saturated rings. The first-order chi connectivity index (χ1) is 5.82. The van der Waals surface area contributed by atoms with Crippen molar-refractivity contribution >= 4 is 11.9 Å². The molecule has 0 aliphatic heterocycles. The summed E-state index contributed by atoms with van der Waals surface area (Å²) in [4.78, 5) is 19.7. The molecular formula is C9H13NaO4. The standard InChI is InChI=1S/C5H8O2.C4H6O2.Na/c1-4(2)5(6)7-3;1-3(2)4(5)6;/h1H2,2-3H3;1H2,2H3,(H,5,6);/q;;+1/p-1. The van der Waals surface area contributed by atoms with Crippen molar-refractivity contribution in [1.29, 1.82) is 0 Å². The monoisotopic (exact) mass is 208 g/mol. The molecule has 0 spiro atoms. The van der Waals surface area contributed by atoms with Crippen molar-refractivity contribution in [2.45, 2.75) is 13.8 Å². The third kappa shape index (κ3) is 14.0. The van der Waals surface area contributed by atoms with Gasteiger partial charge in [0.2, 0.25) is 0 Å². The van der Waals surface area contributed by atoms with Gasteiger partial charge in [0.1, 0.15) is 0 Å². The Bertz CT molecular complexity index is 221. The molecule has 0 rings (SSSR count). The first-order valence-corrected chi connectivity index (χ1v) is 3.43. The van der Waals surface area contributed by atoms with Gasteiger partial charge in [-0.25, -0.2) is 4.79 Å². The molecule has 5 heteroatoms. The zero-order valence-corrected chi connectivity index (χ0v) is 11.0. The van der Waals surface area contributed by atoms with E-state index in [0.717, 1.165) is 0 Å². The molecular weight excluding hydrogens is 195 g/mol. The zero-order chi connectivity index (χ0) is 11.0. The molecule has 0 bridgehead atoms. The van der Waals surface area contributed by atoms with Crippen LogP contribution in [0.2, 0.25) is 0 Å². The van der Waals surface area contributed by atoms with Crippen LogP contribution in [0.4, 0.5) is 0 Å². The Balaban J connectivity index is -0.000000163. The first kappa shape index (κ1) is 19.1. The van der Waals surface area contributed by atoms with Crippen molar-refractivity contribution in [2.24, 2.45) is 0 Å². The van der Waals surface area contributed by atoms with E-state index < -0.39 is 5.97 Å². The fraction of sp³-hybridized carbons (Fsp3) is 0.333. The predicted molar refractivity (Wildman–Crippen MR) is 46.7 cm³/mol. The van der Waals surface area contributed by atoms with E-state index >= 15 is 0 Å². The van der Waals surface area contributed by atoms with E-state index in [-0.39, 0.29) is 41.1 Å². The van der Waals surface area contributed by atoms with Gasteiger partial charge in [0.05, 0.1) is 13.1 Å². The van der Waals surface area contributed by atoms with Gasteiger partial charge in [-0.15, -0.1) is 0 Å². The molecule has 0 heterocycles. The van der Waals surface area contributed by atoms with Crippen LogP contribution in [0.3, 0.4) is 0 Å². The molecule has 0 aliphatic carbocycles. The summed E-state index contributed by atoms with van der Waals surface area (Å²) in [7, 11) is 1.33. The average molecular weight is 208 g/mol. The van der Waals surface area contributed by atoms with Crippen molar-refractivity contribution in [1.82, 2.24) is 0 Å². The summed E-state index contributed by atoms with van der Waals surface area (Å²) in [5.41, 5.74) is 0.498. The van der Waals surface area contributed by atoms with E-state index in [9.17, 15) is 14.7 Å². The van der Waals surface area contributed by atoms with Crippen LogP contribution in [-0.4, -0.2) is 19.0 Å². The number of hydrogen-bond donors (Lipinski definition) is 0. The van der Waals surface area contributed by atoms with Crippen molar-refractivity contribution in [3.63, 3.8) is 0 Å². The minimum absolute atomic E-state index is 0. The number of ether oxygens (including phenoxy) is 1. The van der Waals surface area contributed by atoms with Gasteiger partial charge in [-0.1, -0.05) is 13.2 Å². The summed E-state index contributed by atoms with van der Waals surface area (Å²) in [6.45, 7) is 9.43. The molecule has 0 amide bonds. The number of carbonyl (C=O) groups is 2. The van der Waals surface area contributed by atoms with E-state index in [1.807, 2.05) is 0 Å². The first-order valence-electron chi connectivity index (χ1n) is 3.43. The molecule has 0 unspecified atom stereocenters. The molecule has 0 aliphatic rings. The van der Waals surface area contributed by atoms with Gasteiger partial charge in [-0.2, -0.15) is 0 Å². The van der Waals surface area contributed by atoms with Gasteiger partial charge in [0.15, 0.2) is 0 Å². The second-order valence-electron chi connectivity index (χ2n) is 2.34. The number of carboxylic acid groups (broad SMARTS) is 1. The maximum atomic E-state index is 10.2. The molecule has 0 aromatic rings. The molecule has 0 aromatic carbocycles. The number of rotatable bonds is 2. The normalized spacial score (nSPS) is 7.07. The van der Waals surface area contributed by atoms with Gasteiger partial charge >= 0.3 is 35.5 Å². The molecule has 0 saturated carbocycles. The van der Waals surface area contributed by atoms with Gasteiger partial charge in [0.25, 0.3) is 0 Å². The van der Waals surface area contributed by atoms with E-state index in [0.29, 0.717) is 5.57 Å². The topological polar surface area (TPSA) is 66.4 Å². The summed E-state index contributed by atoms with van der Waals surface area (Å²) in [6, 6.07) is 0. The number of carboxylic acids is 1. The average Bonchev–Trinajstić information content (AvgIpc) is 2.03. The molecule has 0 radical (unpaired) electrons. The molecule has 0 N–H and O–H groups in total. The van der Waals surface area contributed by atoms with Gasteiger partial charge in [0, 0.05) is 5.57 Å². The minimum Gasteiger partial charge on any atom is -0.545 e. The van der Waals surface area contributed by atoms with Crippen molar-refractivity contribution in [3.8, 4) is 0 Å². The van der Waals surface area contributed by atoms with E-state index in [1.54, 1.807) is 6.92 Å². The fourth-order valence-corrected chi connectivity index (χ4v) is 0.174.